The second-order valence-corrected chi connectivity index (χ2v) is 5.57. The largest absolute Gasteiger partial charge is 0.485 e. The van der Waals surface area contributed by atoms with Crippen molar-refractivity contribution in [2.24, 2.45) is 0 Å². The van der Waals surface area contributed by atoms with E-state index >= 15 is 0 Å². The van der Waals surface area contributed by atoms with Gasteiger partial charge in [0.15, 0.2) is 11.6 Å². The Kier molecular flexibility index (Phi) is 3.73. The molecule has 1 aromatic heterocycles. The first-order valence-corrected chi connectivity index (χ1v) is 6.36. The van der Waals surface area contributed by atoms with Gasteiger partial charge in [-0.1, -0.05) is 15.9 Å². The third-order valence-corrected chi connectivity index (χ3v) is 3.34. The van der Waals surface area contributed by atoms with Crippen LogP contribution in [-0.4, -0.2) is 4.98 Å². The first-order valence-electron chi connectivity index (χ1n) is 4.75. The van der Waals surface area contributed by atoms with Crippen LogP contribution in [0.5, 0.6) is 5.75 Å². The summed E-state index contributed by atoms with van der Waals surface area (Å²) in [6, 6.07) is 2.45. The lowest BCUT2D eigenvalue weighted by molar-refractivity contribution is 0.287. The molecule has 6 heteroatoms. The predicted octanol–water partition coefficient (Wildman–Crippen LogP) is 4.07. The van der Waals surface area contributed by atoms with E-state index in [1.165, 1.54) is 17.4 Å². The molecule has 0 saturated carbocycles. The molecule has 0 radical (unpaired) electrons. The minimum absolute atomic E-state index is 0.108. The topological polar surface area (TPSA) is 22.1 Å². The number of benzene rings is 1. The fourth-order valence-corrected chi connectivity index (χ4v) is 2.38. The molecule has 0 bridgehead atoms. The second-order valence-electron chi connectivity index (χ2n) is 3.33. The van der Waals surface area contributed by atoms with E-state index in [1.807, 2.05) is 6.92 Å². The van der Waals surface area contributed by atoms with Gasteiger partial charge >= 0.3 is 0 Å². The normalized spacial score (nSPS) is 10.6. The molecule has 0 atom stereocenters. The highest BCUT2D eigenvalue weighted by Gasteiger charge is 2.11. The molecule has 0 aliphatic heterocycles. The summed E-state index contributed by atoms with van der Waals surface area (Å²) in [6.45, 7) is 2.05. The Bertz CT molecular complexity index is 544. The van der Waals surface area contributed by atoms with Gasteiger partial charge in [0, 0.05) is 10.7 Å². The van der Waals surface area contributed by atoms with E-state index in [9.17, 15) is 8.78 Å². The summed E-state index contributed by atoms with van der Waals surface area (Å²) in [7, 11) is 0. The molecule has 0 fully saturated rings. The second kappa shape index (κ2) is 5.10. The highest BCUT2D eigenvalue weighted by atomic mass is 79.9. The Labute approximate surface area is 109 Å². The van der Waals surface area contributed by atoms with Gasteiger partial charge in [0.1, 0.15) is 6.61 Å². The number of hydrogen-bond donors (Lipinski definition) is 0. The van der Waals surface area contributed by atoms with Gasteiger partial charge in [0.05, 0.1) is 9.88 Å². The van der Waals surface area contributed by atoms with E-state index in [0.717, 1.165) is 16.0 Å². The number of halogens is 3. The average molecular weight is 320 g/mol. The molecule has 90 valence electrons. The Hall–Kier alpha value is -1.01. The van der Waals surface area contributed by atoms with Gasteiger partial charge in [-0.25, -0.2) is 9.37 Å². The predicted molar refractivity (Wildman–Crippen MR) is 65.2 cm³/mol. The monoisotopic (exact) mass is 319 g/mol. The van der Waals surface area contributed by atoms with Crippen molar-refractivity contribution in [1.29, 1.82) is 0 Å². The highest BCUT2D eigenvalue weighted by molar-refractivity contribution is 9.10. The van der Waals surface area contributed by atoms with Crippen LogP contribution in [0, 0.1) is 18.6 Å². The minimum Gasteiger partial charge on any atom is -0.485 e. The molecule has 0 N–H and O–H groups in total. The molecule has 1 aromatic carbocycles. The maximum atomic E-state index is 13.4. The van der Waals surface area contributed by atoms with Gasteiger partial charge in [0.2, 0.25) is 5.82 Å². The average Bonchev–Trinajstić information content (AvgIpc) is 2.67. The van der Waals surface area contributed by atoms with E-state index in [-0.39, 0.29) is 12.4 Å². The summed E-state index contributed by atoms with van der Waals surface area (Å²) >= 11 is 4.54. The van der Waals surface area contributed by atoms with Crippen LogP contribution in [0.1, 0.15) is 9.88 Å². The van der Waals surface area contributed by atoms with Gasteiger partial charge < -0.3 is 4.74 Å². The molecule has 0 saturated heterocycles. The number of nitrogens with zero attached hydrogens (tertiary/aromatic N) is 1. The van der Waals surface area contributed by atoms with Crippen molar-refractivity contribution in [3.63, 3.8) is 0 Å². The van der Waals surface area contributed by atoms with Crippen LogP contribution >= 0.6 is 27.3 Å². The Balaban J connectivity index is 2.14. The van der Waals surface area contributed by atoms with Crippen molar-refractivity contribution in [3.8, 4) is 5.75 Å². The summed E-state index contributed by atoms with van der Waals surface area (Å²) in [5.74, 6) is -2.02. The van der Waals surface area contributed by atoms with Crippen LogP contribution in [0.2, 0.25) is 0 Å². The maximum absolute atomic E-state index is 13.4. The maximum Gasteiger partial charge on any atom is 0.200 e. The molecule has 2 aromatic rings. The van der Waals surface area contributed by atoms with Crippen molar-refractivity contribution >= 4 is 27.3 Å². The van der Waals surface area contributed by atoms with Crippen LogP contribution in [0.4, 0.5) is 8.78 Å². The zero-order valence-corrected chi connectivity index (χ0v) is 11.2. The van der Waals surface area contributed by atoms with E-state index in [1.54, 1.807) is 6.20 Å². The minimum atomic E-state index is -0.977. The van der Waals surface area contributed by atoms with Gasteiger partial charge in [-0.2, -0.15) is 4.39 Å². The number of aryl methyl sites for hydroxylation is 1. The van der Waals surface area contributed by atoms with Crippen LogP contribution < -0.4 is 4.74 Å². The van der Waals surface area contributed by atoms with Crippen molar-refractivity contribution in [2.75, 3.05) is 0 Å². The molecular weight excluding hydrogens is 312 g/mol. The van der Waals surface area contributed by atoms with Gasteiger partial charge in [0.25, 0.3) is 0 Å². The van der Waals surface area contributed by atoms with Crippen molar-refractivity contribution in [3.05, 3.63) is 44.3 Å². The lowest BCUT2D eigenvalue weighted by Crippen LogP contribution is -1.97. The van der Waals surface area contributed by atoms with Crippen LogP contribution in [0.15, 0.2) is 22.8 Å². The Morgan fingerprint density at radius 3 is 2.82 bits per heavy atom. The summed E-state index contributed by atoms with van der Waals surface area (Å²) in [6.07, 6.45) is 1.66. The summed E-state index contributed by atoms with van der Waals surface area (Å²) < 4.78 is 32.1. The molecule has 2 rings (SSSR count). The Morgan fingerprint density at radius 1 is 1.41 bits per heavy atom. The summed E-state index contributed by atoms with van der Waals surface area (Å²) in [5, 5.41) is 0.907. The Morgan fingerprint density at radius 2 is 2.18 bits per heavy atom. The molecular formula is C11H8BrF2NOS. The first-order chi connectivity index (χ1) is 8.06. The van der Waals surface area contributed by atoms with Crippen LogP contribution in [0.3, 0.4) is 0 Å². The van der Waals surface area contributed by atoms with E-state index in [2.05, 4.69) is 20.9 Å². The lowest BCUT2D eigenvalue weighted by atomic mass is 10.3. The molecule has 17 heavy (non-hydrogen) atoms. The number of hydrogen-bond acceptors (Lipinski definition) is 3. The number of ether oxygens (including phenoxy) is 1. The molecule has 0 unspecified atom stereocenters. The number of thiazole rings is 1. The zero-order chi connectivity index (χ0) is 12.4. The quantitative estimate of drug-likeness (QED) is 0.795. The number of aromatic nitrogens is 1. The molecule has 1 heterocycles. The zero-order valence-electron chi connectivity index (χ0n) is 8.84. The van der Waals surface area contributed by atoms with Gasteiger partial charge in [-0.15, -0.1) is 11.3 Å². The summed E-state index contributed by atoms with van der Waals surface area (Å²) in [4.78, 5) is 4.91. The molecule has 0 aliphatic rings. The first kappa shape index (κ1) is 12.4. The molecule has 0 amide bonds. The smallest absolute Gasteiger partial charge is 0.200 e. The standard InChI is InChI=1S/C11H8BrF2NOS/c1-6-15-4-8(17-6)5-16-10-3-7(12)2-9(13)11(10)14/h2-4H,5H2,1H3. The van der Waals surface area contributed by atoms with Gasteiger partial charge in [-0.3, -0.25) is 0 Å². The lowest BCUT2D eigenvalue weighted by Gasteiger charge is -2.06. The fourth-order valence-electron chi connectivity index (χ4n) is 1.26. The van der Waals surface area contributed by atoms with Crippen molar-refractivity contribution in [1.82, 2.24) is 4.98 Å². The third kappa shape index (κ3) is 3.01. The van der Waals surface area contributed by atoms with E-state index < -0.39 is 11.6 Å². The summed E-state index contributed by atoms with van der Waals surface area (Å²) in [5.41, 5.74) is 0. The fraction of sp³-hybridized carbons (Fsp3) is 0.182. The third-order valence-electron chi connectivity index (χ3n) is 2.00. The highest BCUT2D eigenvalue weighted by Crippen LogP contribution is 2.26. The number of rotatable bonds is 3. The van der Waals surface area contributed by atoms with Crippen molar-refractivity contribution < 1.29 is 13.5 Å². The molecule has 0 aliphatic carbocycles. The van der Waals surface area contributed by atoms with Crippen LogP contribution in [-0.2, 0) is 6.61 Å². The van der Waals surface area contributed by atoms with Gasteiger partial charge in [-0.05, 0) is 19.1 Å². The SMILES string of the molecule is Cc1ncc(COc2cc(Br)cc(F)c2F)s1. The van der Waals surface area contributed by atoms with Crippen LogP contribution in [0.25, 0.3) is 0 Å². The molecule has 0 spiro atoms. The molecule has 2 nitrogen and oxygen atoms in total. The van der Waals surface area contributed by atoms with E-state index in [0.29, 0.717) is 4.47 Å². The van der Waals surface area contributed by atoms with Crippen molar-refractivity contribution in [2.45, 2.75) is 13.5 Å². The van der Waals surface area contributed by atoms with E-state index in [4.69, 9.17) is 4.74 Å².